The molecule has 11 heteroatoms. The molecule has 0 amide bonds. The topological polar surface area (TPSA) is 94.5 Å². The van der Waals surface area contributed by atoms with Crippen LogP contribution in [-0.2, 0) is 12.1 Å². The highest BCUT2D eigenvalue weighted by molar-refractivity contribution is 5.11. The number of alkyl halides is 3. The van der Waals surface area contributed by atoms with Crippen LogP contribution in [0.4, 0.5) is 13.2 Å². The second-order valence-corrected chi connectivity index (χ2v) is 6.25. The second-order valence-electron chi connectivity index (χ2n) is 6.25. The molecule has 0 spiro atoms. The van der Waals surface area contributed by atoms with Gasteiger partial charge in [0.1, 0.15) is 6.54 Å². The maximum Gasteiger partial charge on any atom is 0.414 e. The van der Waals surface area contributed by atoms with E-state index in [0.717, 1.165) is 24.1 Å². The lowest BCUT2D eigenvalue weighted by atomic mass is 9.85. The van der Waals surface area contributed by atoms with Crippen molar-refractivity contribution < 1.29 is 17.7 Å². The smallest absolute Gasteiger partial charge is 0.337 e. The third-order valence-corrected chi connectivity index (χ3v) is 4.70. The number of aromatic nitrogens is 6. The van der Waals surface area contributed by atoms with Crippen molar-refractivity contribution in [3.05, 3.63) is 17.5 Å². The van der Waals surface area contributed by atoms with E-state index in [2.05, 4.69) is 30.9 Å². The average Bonchev–Trinajstić information content (AvgIpc) is 3.16. The van der Waals surface area contributed by atoms with Gasteiger partial charge in [-0.3, -0.25) is 5.32 Å². The fraction of sp³-hybridized carbons (Fsp3) is 0.769. The molecule has 1 aliphatic heterocycles. The number of rotatable bonds is 4. The van der Waals surface area contributed by atoms with Gasteiger partial charge in [-0.25, -0.2) is 0 Å². The summed E-state index contributed by atoms with van der Waals surface area (Å²) in [5, 5.41) is 17.6. The van der Waals surface area contributed by atoms with Gasteiger partial charge in [-0.2, -0.15) is 23.0 Å². The van der Waals surface area contributed by atoms with Crippen LogP contribution in [-0.4, -0.2) is 43.1 Å². The Bertz CT molecular complexity index is 715. The van der Waals surface area contributed by atoms with E-state index in [4.69, 9.17) is 4.52 Å². The first-order valence-electron chi connectivity index (χ1n) is 7.90. The van der Waals surface area contributed by atoms with Gasteiger partial charge >= 0.3 is 6.18 Å². The van der Waals surface area contributed by atoms with Crippen LogP contribution in [0.15, 0.2) is 4.52 Å². The van der Waals surface area contributed by atoms with Crippen LogP contribution in [0.1, 0.15) is 55.6 Å². The van der Waals surface area contributed by atoms with E-state index in [1.54, 1.807) is 0 Å². The van der Waals surface area contributed by atoms with E-state index in [-0.39, 0.29) is 31.2 Å². The van der Waals surface area contributed by atoms with Crippen molar-refractivity contribution in [2.75, 3.05) is 6.54 Å². The molecule has 130 valence electrons. The quantitative estimate of drug-likeness (QED) is 0.899. The Morgan fingerprint density at radius 3 is 2.75 bits per heavy atom. The largest absolute Gasteiger partial charge is 0.414 e. The highest BCUT2D eigenvalue weighted by Gasteiger charge is 2.60. The summed E-state index contributed by atoms with van der Waals surface area (Å²) in [5.74, 6) is 0.853. The molecule has 1 unspecified atom stereocenters. The number of hydrogen-bond acceptors (Lipinski definition) is 7. The standard InChI is InChI=1S/C13H16F3N7O/c14-13(15,16)12(5-2-6-17-12)11-19-22-23(20-11)7-9-18-10(21-24-9)8-3-1-4-8/h8,17H,1-7H2. The highest BCUT2D eigenvalue weighted by atomic mass is 19.4. The normalized spacial score (nSPS) is 25.1. The molecule has 1 aliphatic carbocycles. The molecule has 8 nitrogen and oxygen atoms in total. The Morgan fingerprint density at radius 2 is 2.12 bits per heavy atom. The molecule has 4 rings (SSSR count). The van der Waals surface area contributed by atoms with Crippen molar-refractivity contribution in [2.45, 2.75) is 56.3 Å². The van der Waals surface area contributed by atoms with Crippen LogP contribution in [0.3, 0.4) is 0 Å². The van der Waals surface area contributed by atoms with E-state index in [9.17, 15) is 13.2 Å². The number of nitrogens with one attached hydrogen (secondary N) is 1. The van der Waals surface area contributed by atoms with Crippen molar-refractivity contribution in [1.82, 2.24) is 35.7 Å². The van der Waals surface area contributed by atoms with Gasteiger partial charge in [-0.05, 0) is 37.4 Å². The molecule has 1 atom stereocenters. The van der Waals surface area contributed by atoms with E-state index in [0.29, 0.717) is 18.2 Å². The Hall–Kier alpha value is -2.04. The minimum atomic E-state index is -4.49. The SMILES string of the molecule is FC(F)(F)C1(c2nnn(Cc3nc(C4CCC4)no3)n2)CCCN1. The highest BCUT2D eigenvalue weighted by Crippen LogP contribution is 2.43. The zero-order valence-electron chi connectivity index (χ0n) is 12.8. The van der Waals surface area contributed by atoms with Crippen molar-refractivity contribution in [1.29, 1.82) is 0 Å². The van der Waals surface area contributed by atoms with Crippen LogP contribution in [0, 0.1) is 0 Å². The molecule has 0 bridgehead atoms. The Balaban J connectivity index is 1.53. The van der Waals surface area contributed by atoms with Crippen LogP contribution in [0.5, 0.6) is 0 Å². The lowest BCUT2D eigenvalue weighted by molar-refractivity contribution is -0.198. The van der Waals surface area contributed by atoms with E-state index in [1.165, 1.54) is 0 Å². The fourth-order valence-corrected chi connectivity index (χ4v) is 3.07. The van der Waals surface area contributed by atoms with Crippen LogP contribution in [0.25, 0.3) is 0 Å². The summed E-state index contributed by atoms with van der Waals surface area (Å²) < 4.78 is 45.5. The minimum Gasteiger partial charge on any atom is -0.337 e. The monoisotopic (exact) mass is 343 g/mol. The summed E-state index contributed by atoms with van der Waals surface area (Å²) >= 11 is 0. The summed E-state index contributed by atoms with van der Waals surface area (Å²) in [4.78, 5) is 5.31. The van der Waals surface area contributed by atoms with Gasteiger partial charge < -0.3 is 4.52 Å². The van der Waals surface area contributed by atoms with Gasteiger partial charge in [0, 0.05) is 5.92 Å². The molecule has 0 aromatic carbocycles. The summed E-state index contributed by atoms with van der Waals surface area (Å²) in [6.07, 6.45) is -0.972. The molecule has 24 heavy (non-hydrogen) atoms. The van der Waals surface area contributed by atoms with Crippen LogP contribution < -0.4 is 5.32 Å². The van der Waals surface area contributed by atoms with Crippen LogP contribution >= 0.6 is 0 Å². The summed E-state index contributed by atoms with van der Waals surface area (Å²) in [6, 6.07) is 0. The number of tetrazole rings is 1. The van der Waals surface area contributed by atoms with Gasteiger partial charge in [0.25, 0.3) is 0 Å². The maximum absolute atomic E-state index is 13.5. The molecule has 3 heterocycles. The predicted octanol–water partition coefficient (Wildman–Crippen LogP) is 1.51. The lowest BCUT2D eigenvalue weighted by Crippen LogP contribution is -2.50. The molecular formula is C13H16F3N7O. The third-order valence-electron chi connectivity index (χ3n) is 4.70. The van der Waals surface area contributed by atoms with Gasteiger partial charge in [0.05, 0.1) is 0 Å². The number of halogens is 3. The summed E-state index contributed by atoms with van der Waals surface area (Å²) in [7, 11) is 0. The first-order valence-corrected chi connectivity index (χ1v) is 7.90. The minimum absolute atomic E-state index is 0.000652. The van der Waals surface area contributed by atoms with Crippen molar-refractivity contribution in [2.24, 2.45) is 0 Å². The molecule has 2 aromatic rings. The van der Waals surface area contributed by atoms with Gasteiger partial charge in [0.15, 0.2) is 11.4 Å². The van der Waals surface area contributed by atoms with Crippen molar-refractivity contribution >= 4 is 0 Å². The molecule has 2 fully saturated rings. The van der Waals surface area contributed by atoms with Gasteiger partial charge in [-0.1, -0.05) is 11.6 Å². The molecule has 2 aromatic heterocycles. The average molecular weight is 343 g/mol. The molecule has 2 aliphatic rings. The zero-order valence-corrected chi connectivity index (χ0v) is 12.8. The summed E-state index contributed by atoms with van der Waals surface area (Å²) in [6.45, 7) is 0.267. The zero-order chi connectivity index (χ0) is 16.8. The maximum atomic E-state index is 13.5. The van der Waals surface area contributed by atoms with Gasteiger partial charge in [0.2, 0.25) is 11.7 Å². The second kappa shape index (κ2) is 5.50. The molecular weight excluding hydrogens is 327 g/mol. The molecule has 0 radical (unpaired) electrons. The Kier molecular flexibility index (Phi) is 3.55. The first-order chi connectivity index (χ1) is 11.5. The first kappa shape index (κ1) is 15.5. The Labute approximate surface area is 134 Å². The fourth-order valence-electron chi connectivity index (χ4n) is 3.07. The van der Waals surface area contributed by atoms with E-state index in [1.807, 2.05) is 0 Å². The molecule has 1 saturated carbocycles. The van der Waals surface area contributed by atoms with E-state index < -0.39 is 11.7 Å². The van der Waals surface area contributed by atoms with Crippen molar-refractivity contribution in [3.8, 4) is 0 Å². The number of hydrogen-bond donors (Lipinski definition) is 1. The van der Waals surface area contributed by atoms with Crippen LogP contribution in [0.2, 0.25) is 0 Å². The third kappa shape index (κ3) is 2.46. The summed E-state index contributed by atoms with van der Waals surface area (Å²) in [5.41, 5.74) is -2.23. The predicted molar refractivity (Wildman–Crippen MR) is 72.8 cm³/mol. The Morgan fingerprint density at radius 1 is 1.29 bits per heavy atom. The number of nitrogens with zero attached hydrogens (tertiary/aromatic N) is 6. The van der Waals surface area contributed by atoms with Crippen molar-refractivity contribution in [3.63, 3.8) is 0 Å². The molecule has 1 saturated heterocycles. The van der Waals surface area contributed by atoms with E-state index >= 15 is 0 Å². The molecule has 1 N–H and O–H groups in total. The van der Waals surface area contributed by atoms with Gasteiger partial charge in [-0.15, -0.1) is 10.2 Å². The lowest BCUT2D eigenvalue weighted by Gasteiger charge is -2.28.